The van der Waals surface area contributed by atoms with Crippen LogP contribution in [0.25, 0.3) is 0 Å². The van der Waals surface area contributed by atoms with Crippen LogP contribution in [0.1, 0.15) is 0 Å². The van der Waals surface area contributed by atoms with Crippen molar-refractivity contribution in [1.82, 2.24) is 0 Å². The lowest BCUT2D eigenvalue weighted by atomic mass is 10.7. The van der Waals surface area contributed by atoms with E-state index in [0.717, 1.165) is 6.54 Å². The average Bonchev–Trinajstić information content (AvgIpc) is 1.86. The maximum atomic E-state index is 5.34. The maximum absolute atomic E-state index is 5.34. The van der Waals surface area contributed by atoms with Crippen molar-refractivity contribution in [1.29, 1.82) is 0 Å². The van der Waals surface area contributed by atoms with Crippen LogP contribution in [0, 0.1) is 0 Å². The van der Waals surface area contributed by atoms with Gasteiger partial charge in [-0.3, -0.25) is 4.99 Å². The average molecular weight is 101 g/mol. The predicted molar refractivity (Wildman–Crippen MR) is 27.9 cm³/mol. The molecule has 1 aliphatic rings. The second-order valence-electron chi connectivity index (χ2n) is 1.09. The molecular formula is C3H5N2S. The van der Waals surface area contributed by atoms with Crippen molar-refractivity contribution < 1.29 is 0 Å². The van der Waals surface area contributed by atoms with Crippen LogP contribution in [0.5, 0.6) is 0 Å². The molecule has 1 heterocycles. The van der Waals surface area contributed by atoms with Gasteiger partial charge in [-0.05, 0) is 0 Å². The minimum absolute atomic E-state index is 0.185. The highest BCUT2D eigenvalue weighted by molar-refractivity contribution is 8.12. The van der Waals surface area contributed by atoms with E-state index in [9.17, 15) is 0 Å². The highest BCUT2D eigenvalue weighted by Crippen LogP contribution is 2.07. The number of nitrogens with zero attached hydrogens (tertiary/aromatic N) is 1. The van der Waals surface area contributed by atoms with Crippen LogP contribution in [0.3, 0.4) is 0 Å². The van der Waals surface area contributed by atoms with E-state index < -0.39 is 0 Å². The van der Waals surface area contributed by atoms with Gasteiger partial charge in [-0.2, -0.15) is 0 Å². The summed E-state index contributed by atoms with van der Waals surface area (Å²) in [4.78, 5) is 3.75. The lowest BCUT2D eigenvalue weighted by molar-refractivity contribution is 0.936. The number of nitrogens with two attached hydrogens (primary N) is 1. The number of hydrogen-bond acceptors (Lipinski definition) is 3. The molecule has 0 aliphatic carbocycles. The van der Waals surface area contributed by atoms with Crippen LogP contribution in [0.15, 0.2) is 4.99 Å². The standard InChI is InChI=1S/C3H5N2S/c4-3-1-5-2-6-3/h3H,1,4H2. The Hall–Kier alpha value is -0.0200. The van der Waals surface area contributed by atoms with Crippen LogP contribution < -0.4 is 5.73 Å². The Bertz CT molecular complexity index is 63.2. The number of thioether (sulfide) groups is 1. The molecule has 2 nitrogen and oxygen atoms in total. The fourth-order valence-corrected chi connectivity index (χ4v) is 0.703. The predicted octanol–water partition coefficient (Wildman–Crippen LogP) is -0.0767. The van der Waals surface area contributed by atoms with Crippen molar-refractivity contribution in [3.8, 4) is 0 Å². The Kier molecular flexibility index (Phi) is 1.12. The van der Waals surface area contributed by atoms with Gasteiger partial charge in [0.2, 0.25) is 0 Å². The summed E-state index contributed by atoms with van der Waals surface area (Å²) < 4.78 is 0. The Labute approximate surface area is 40.8 Å². The molecule has 0 fully saturated rings. The van der Waals surface area contributed by atoms with E-state index in [2.05, 4.69) is 10.5 Å². The van der Waals surface area contributed by atoms with Gasteiger partial charge in [0, 0.05) is 0 Å². The van der Waals surface area contributed by atoms with Crippen LogP contribution in [-0.4, -0.2) is 17.5 Å². The third-order valence-corrected chi connectivity index (χ3v) is 1.23. The molecule has 0 aromatic carbocycles. The first-order chi connectivity index (χ1) is 2.89. The molecule has 0 spiro atoms. The van der Waals surface area contributed by atoms with Crippen LogP contribution in [-0.2, 0) is 0 Å². The van der Waals surface area contributed by atoms with Gasteiger partial charge in [-0.1, -0.05) is 11.8 Å². The third kappa shape index (κ3) is 0.725. The van der Waals surface area contributed by atoms with Crippen molar-refractivity contribution in [2.24, 2.45) is 10.7 Å². The maximum Gasteiger partial charge on any atom is 0.124 e. The molecule has 0 bridgehead atoms. The molecule has 2 N–H and O–H groups in total. The summed E-state index contributed by atoms with van der Waals surface area (Å²) in [6, 6.07) is 0. The molecule has 1 aliphatic heterocycles. The third-order valence-electron chi connectivity index (χ3n) is 0.540. The quantitative estimate of drug-likeness (QED) is 0.463. The minimum Gasteiger partial charge on any atom is -0.317 e. The van der Waals surface area contributed by atoms with Crippen molar-refractivity contribution in [3.05, 3.63) is 0 Å². The highest BCUT2D eigenvalue weighted by Gasteiger charge is 2.03. The molecule has 6 heavy (non-hydrogen) atoms. The molecule has 1 unspecified atom stereocenters. The fourth-order valence-electron chi connectivity index (χ4n) is 0.269. The van der Waals surface area contributed by atoms with Crippen molar-refractivity contribution in [2.75, 3.05) is 6.54 Å². The molecule has 1 atom stereocenters. The number of aliphatic imine (C=N–C) groups is 1. The summed E-state index contributed by atoms with van der Waals surface area (Å²) in [6.07, 6.45) is 0. The smallest absolute Gasteiger partial charge is 0.124 e. The molecule has 0 aromatic heterocycles. The van der Waals surface area contributed by atoms with Gasteiger partial charge in [-0.15, -0.1) is 0 Å². The van der Waals surface area contributed by atoms with Crippen LogP contribution >= 0.6 is 11.8 Å². The van der Waals surface area contributed by atoms with Gasteiger partial charge >= 0.3 is 0 Å². The molecule has 33 valence electrons. The van der Waals surface area contributed by atoms with E-state index in [1.54, 1.807) is 0 Å². The number of rotatable bonds is 0. The minimum atomic E-state index is 0.185. The zero-order chi connectivity index (χ0) is 4.41. The monoisotopic (exact) mass is 101 g/mol. The van der Waals surface area contributed by atoms with Gasteiger partial charge in [-0.25, -0.2) is 0 Å². The lowest BCUT2D eigenvalue weighted by Gasteiger charge is -1.90. The van der Waals surface area contributed by atoms with E-state index in [1.165, 1.54) is 11.8 Å². The normalized spacial score (nSPS) is 31.8. The largest absolute Gasteiger partial charge is 0.317 e. The number of hydrogen-bond donors (Lipinski definition) is 1. The van der Waals surface area contributed by atoms with Crippen LogP contribution in [0.2, 0.25) is 0 Å². The summed E-state index contributed by atoms with van der Waals surface area (Å²) >= 11 is 1.46. The lowest BCUT2D eigenvalue weighted by Crippen LogP contribution is -2.14. The summed E-state index contributed by atoms with van der Waals surface area (Å²) in [6.45, 7) is 0.741. The SMILES string of the molecule is NC1CN=[C]S1. The van der Waals surface area contributed by atoms with Gasteiger partial charge in [0.1, 0.15) is 5.55 Å². The fraction of sp³-hybridized carbons (Fsp3) is 0.667. The van der Waals surface area contributed by atoms with E-state index >= 15 is 0 Å². The highest BCUT2D eigenvalue weighted by atomic mass is 32.2. The van der Waals surface area contributed by atoms with E-state index in [-0.39, 0.29) is 5.37 Å². The topological polar surface area (TPSA) is 38.4 Å². The molecule has 0 amide bonds. The second kappa shape index (κ2) is 1.62. The molecular weight excluding hydrogens is 96.1 g/mol. The zero-order valence-electron chi connectivity index (χ0n) is 3.22. The molecule has 1 radical (unpaired) electrons. The van der Waals surface area contributed by atoms with E-state index in [4.69, 9.17) is 5.73 Å². The first-order valence-corrected chi connectivity index (χ1v) is 2.60. The second-order valence-corrected chi connectivity index (χ2v) is 2.11. The van der Waals surface area contributed by atoms with Crippen molar-refractivity contribution in [3.63, 3.8) is 0 Å². The Morgan fingerprint density at radius 2 is 2.83 bits per heavy atom. The Morgan fingerprint density at radius 1 is 2.00 bits per heavy atom. The van der Waals surface area contributed by atoms with Gasteiger partial charge in [0.15, 0.2) is 0 Å². The van der Waals surface area contributed by atoms with Crippen molar-refractivity contribution >= 4 is 17.3 Å². The molecule has 0 saturated carbocycles. The summed E-state index contributed by atoms with van der Waals surface area (Å²) in [5.41, 5.74) is 8.03. The molecule has 1 rings (SSSR count). The molecule has 3 heteroatoms. The van der Waals surface area contributed by atoms with Crippen LogP contribution in [0.4, 0.5) is 0 Å². The molecule has 0 saturated heterocycles. The summed E-state index contributed by atoms with van der Waals surface area (Å²) in [5, 5.41) is 0.185. The van der Waals surface area contributed by atoms with E-state index in [1.807, 2.05) is 0 Å². The zero-order valence-corrected chi connectivity index (χ0v) is 4.03. The first-order valence-electron chi connectivity index (χ1n) is 1.72. The summed E-state index contributed by atoms with van der Waals surface area (Å²) in [5.74, 6) is 0. The summed E-state index contributed by atoms with van der Waals surface area (Å²) in [7, 11) is 0. The first kappa shape index (κ1) is 4.15. The van der Waals surface area contributed by atoms with Crippen molar-refractivity contribution in [2.45, 2.75) is 5.37 Å². The van der Waals surface area contributed by atoms with Gasteiger partial charge in [0.25, 0.3) is 0 Å². The molecule has 0 aromatic rings. The van der Waals surface area contributed by atoms with E-state index in [0.29, 0.717) is 0 Å². The van der Waals surface area contributed by atoms with Gasteiger partial charge < -0.3 is 5.73 Å². The van der Waals surface area contributed by atoms with Gasteiger partial charge in [0.05, 0.1) is 11.9 Å². The Morgan fingerprint density at radius 3 is 3.00 bits per heavy atom. The Balaban J connectivity index is 2.32.